The normalized spacial score (nSPS) is 25.7. The average Bonchev–Trinajstić information content (AvgIpc) is 3.25. The summed E-state index contributed by atoms with van der Waals surface area (Å²) in [6, 6.07) is 22.9. The van der Waals surface area contributed by atoms with E-state index in [0.717, 1.165) is 40.8 Å². The lowest BCUT2D eigenvalue weighted by atomic mass is 9.56. The van der Waals surface area contributed by atoms with Crippen molar-refractivity contribution in [3.8, 4) is 16.9 Å². The highest BCUT2D eigenvalue weighted by Crippen LogP contribution is 2.64. The zero-order valence-electron chi connectivity index (χ0n) is 22.8. The Morgan fingerprint density at radius 2 is 1.74 bits per heavy atom. The Morgan fingerprint density at radius 1 is 1.03 bits per heavy atom. The van der Waals surface area contributed by atoms with Crippen molar-refractivity contribution in [2.45, 2.75) is 44.9 Å². The summed E-state index contributed by atoms with van der Waals surface area (Å²) < 4.78 is 6.80. The molecule has 1 saturated carbocycles. The van der Waals surface area contributed by atoms with E-state index in [1.165, 1.54) is 40.4 Å². The van der Waals surface area contributed by atoms with Crippen LogP contribution in [-0.2, 0) is 6.42 Å². The molecule has 0 aliphatic heterocycles. The number of allylic oxidation sites excluding steroid dienone is 4. The molecule has 1 fully saturated rings. The summed E-state index contributed by atoms with van der Waals surface area (Å²) in [6.07, 6.45) is 11.5. The van der Waals surface area contributed by atoms with Gasteiger partial charge < -0.3 is 4.74 Å². The van der Waals surface area contributed by atoms with Gasteiger partial charge in [-0.15, -0.1) is 0 Å². The molecule has 0 spiro atoms. The van der Waals surface area contributed by atoms with Crippen LogP contribution in [0.1, 0.15) is 65.6 Å². The summed E-state index contributed by atoms with van der Waals surface area (Å²) in [7, 11) is 1.75. The molecular weight excluding hydrogens is 544 g/mol. The molecule has 0 radical (unpaired) electrons. The first-order valence-electron chi connectivity index (χ1n) is 14.0. The van der Waals surface area contributed by atoms with Crippen LogP contribution in [0.3, 0.4) is 0 Å². The number of hydrogen-bond acceptors (Lipinski definition) is 2. The van der Waals surface area contributed by atoms with E-state index in [4.69, 9.17) is 4.74 Å². The summed E-state index contributed by atoms with van der Waals surface area (Å²) in [5.74, 6) is 2.91. The van der Waals surface area contributed by atoms with Crippen molar-refractivity contribution in [3.05, 3.63) is 118 Å². The van der Waals surface area contributed by atoms with Gasteiger partial charge in [0, 0.05) is 15.5 Å². The minimum Gasteiger partial charge on any atom is -0.497 e. The van der Waals surface area contributed by atoms with Crippen molar-refractivity contribution in [2.75, 3.05) is 7.11 Å². The molecule has 0 unspecified atom stereocenters. The van der Waals surface area contributed by atoms with E-state index < -0.39 is 0 Å². The molecule has 0 N–H and O–H groups in total. The molecule has 198 valence electrons. The minimum atomic E-state index is 0.0507. The van der Waals surface area contributed by atoms with Gasteiger partial charge in [-0.3, -0.25) is 4.79 Å². The third kappa shape index (κ3) is 4.65. The summed E-state index contributed by atoms with van der Waals surface area (Å²) >= 11 is 4.02. The largest absolute Gasteiger partial charge is 0.497 e. The van der Waals surface area contributed by atoms with E-state index in [0.29, 0.717) is 17.8 Å². The molecule has 0 saturated heterocycles. The molecule has 3 aliphatic carbocycles. The van der Waals surface area contributed by atoms with Gasteiger partial charge in [0.1, 0.15) is 5.75 Å². The van der Waals surface area contributed by atoms with Crippen LogP contribution in [0, 0.1) is 17.3 Å². The number of carbonyl (C=O) groups is 1. The lowest BCUT2D eigenvalue weighted by Crippen LogP contribution is -2.40. The smallest absolute Gasteiger partial charge is 0.185 e. The highest BCUT2D eigenvalue weighted by Gasteiger charge is 2.52. The molecule has 2 nitrogen and oxygen atoms in total. The molecule has 0 aromatic heterocycles. The van der Waals surface area contributed by atoms with Gasteiger partial charge in [0.05, 0.1) is 7.11 Å². The van der Waals surface area contributed by atoms with Crippen LogP contribution in [0.2, 0.25) is 0 Å². The molecule has 0 heterocycles. The number of ether oxygens (including phenoxy) is 1. The number of hydrogen-bond donors (Lipinski definition) is 0. The van der Waals surface area contributed by atoms with Gasteiger partial charge in [-0.05, 0) is 101 Å². The number of carbonyl (C=O) groups excluding carboxylic acids is 1. The number of fused-ring (bicyclic) bond motifs is 5. The zero-order valence-corrected chi connectivity index (χ0v) is 24.3. The summed E-state index contributed by atoms with van der Waals surface area (Å²) in [4.78, 5) is 13.1. The predicted octanol–water partition coefficient (Wildman–Crippen LogP) is 9.56. The molecule has 0 amide bonds. The van der Waals surface area contributed by atoms with Gasteiger partial charge in [-0.25, -0.2) is 0 Å². The van der Waals surface area contributed by atoms with Crippen molar-refractivity contribution in [1.29, 1.82) is 0 Å². The first kappa shape index (κ1) is 26.1. The van der Waals surface area contributed by atoms with Gasteiger partial charge >= 0.3 is 0 Å². The second kappa shape index (κ2) is 10.4. The molecule has 3 aromatic carbocycles. The summed E-state index contributed by atoms with van der Waals surface area (Å²) in [5.41, 5.74) is 8.49. The fraction of sp³-hybridized carbons (Fsp3) is 0.306. The SMILES string of the molecule is C=Cc1ccc(-c2ccc(C(=O)/C=C/C3=C(Br)[C@@]4(C)CC[C@@H]5c6ccc(OC)cc6CC[C@H]5[C@@H]4C3)cc2)cc1. The van der Waals surface area contributed by atoms with Crippen LogP contribution in [-0.4, -0.2) is 12.9 Å². The Kier molecular flexibility index (Phi) is 6.97. The van der Waals surface area contributed by atoms with Crippen molar-refractivity contribution >= 4 is 27.8 Å². The Bertz CT molecular complexity index is 1480. The fourth-order valence-electron chi connectivity index (χ4n) is 7.40. The lowest BCUT2D eigenvalue weighted by Gasteiger charge is -2.49. The van der Waals surface area contributed by atoms with E-state index >= 15 is 0 Å². The Morgan fingerprint density at radius 3 is 2.44 bits per heavy atom. The predicted molar refractivity (Wildman–Crippen MR) is 164 cm³/mol. The van der Waals surface area contributed by atoms with Crippen LogP contribution in [0.4, 0.5) is 0 Å². The first-order chi connectivity index (χ1) is 18.9. The number of benzene rings is 3. The lowest BCUT2D eigenvalue weighted by molar-refractivity contribution is 0.0804. The van der Waals surface area contributed by atoms with Crippen LogP contribution < -0.4 is 4.74 Å². The molecule has 3 aromatic rings. The molecule has 4 atom stereocenters. The van der Waals surface area contributed by atoms with Gasteiger partial charge in [-0.2, -0.15) is 0 Å². The highest BCUT2D eigenvalue weighted by atomic mass is 79.9. The van der Waals surface area contributed by atoms with E-state index in [1.807, 2.05) is 30.3 Å². The van der Waals surface area contributed by atoms with Crippen molar-refractivity contribution < 1.29 is 9.53 Å². The molecular formula is C36H35BrO2. The quantitative estimate of drug-likeness (QED) is 0.215. The fourth-order valence-corrected chi connectivity index (χ4v) is 8.19. The molecule has 3 aliphatic rings. The van der Waals surface area contributed by atoms with E-state index in [1.54, 1.807) is 13.2 Å². The minimum absolute atomic E-state index is 0.0507. The molecule has 6 rings (SSSR count). The topological polar surface area (TPSA) is 26.3 Å². The monoisotopic (exact) mass is 578 g/mol. The van der Waals surface area contributed by atoms with Gasteiger partial charge in [0.25, 0.3) is 0 Å². The summed E-state index contributed by atoms with van der Waals surface area (Å²) in [5, 5.41) is 0. The Balaban J connectivity index is 1.17. The van der Waals surface area contributed by atoms with Crippen LogP contribution >= 0.6 is 15.9 Å². The number of ketones is 1. The number of rotatable bonds is 6. The van der Waals surface area contributed by atoms with Crippen molar-refractivity contribution in [2.24, 2.45) is 17.3 Å². The second-order valence-corrected chi connectivity index (χ2v) is 12.4. The van der Waals surface area contributed by atoms with Crippen molar-refractivity contribution in [1.82, 2.24) is 0 Å². The maximum absolute atomic E-state index is 13.1. The van der Waals surface area contributed by atoms with Gasteiger partial charge in [0.2, 0.25) is 0 Å². The van der Waals surface area contributed by atoms with Gasteiger partial charge in [0.15, 0.2) is 5.78 Å². The molecule has 39 heavy (non-hydrogen) atoms. The van der Waals surface area contributed by atoms with E-state index in [9.17, 15) is 4.79 Å². The number of halogens is 1. The van der Waals surface area contributed by atoms with E-state index in [2.05, 4.69) is 78.0 Å². The maximum atomic E-state index is 13.1. The Labute approximate surface area is 240 Å². The average molecular weight is 580 g/mol. The maximum Gasteiger partial charge on any atom is 0.185 e. The van der Waals surface area contributed by atoms with Crippen LogP contribution in [0.25, 0.3) is 17.2 Å². The zero-order chi connectivity index (χ0) is 27.1. The molecule has 0 bridgehead atoms. The standard InChI is InChI=1S/C36H35BrO2/c1-4-23-5-7-24(8-6-23)25-9-11-26(12-10-25)34(38)18-14-28-22-33-32-16-13-27-21-29(39-3)15-17-30(27)31(32)19-20-36(33,2)35(28)37/h4-12,14-15,17-18,21,31-33H,1,13,16,19-20,22H2,2-3H3/b18-14+/t31-,32-,33+,36+/m1/s1. The van der Waals surface area contributed by atoms with Crippen LogP contribution in [0.15, 0.2) is 95.5 Å². The van der Waals surface area contributed by atoms with Crippen molar-refractivity contribution in [3.63, 3.8) is 0 Å². The first-order valence-corrected chi connectivity index (χ1v) is 14.8. The van der Waals surface area contributed by atoms with Gasteiger partial charge in [-0.1, -0.05) is 96.2 Å². The molecule has 3 heteroatoms. The number of aryl methyl sites for hydroxylation is 1. The second-order valence-electron chi connectivity index (χ2n) is 11.6. The van der Waals surface area contributed by atoms with E-state index in [-0.39, 0.29) is 11.2 Å². The Hall–Kier alpha value is -3.17. The summed E-state index contributed by atoms with van der Waals surface area (Å²) in [6.45, 7) is 6.25. The highest BCUT2D eigenvalue weighted by molar-refractivity contribution is 9.11. The third-order valence-corrected chi connectivity index (χ3v) is 11.0. The number of methoxy groups -OCH3 is 1. The van der Waals surface area contributed by atoms with Crippen LogP contribution in [0.5, 0.6) is 5.75 Å². The third-order valence-electron chi connectivity index (χ3n) is 9.63.